The van der Waals surface area contributed by atoms with E-state index in [1.807, 2.05) is 0 Å². The number of pyridine rings is 1. The average Bonchev–Trinajstić information content (AvgIpc) is 2.96. The van der Waals surface area contributed by atoms with E-state index in [4.69, 9.17) is 9.47 Å². The normalized spacial score (nSPS) is 22.8. The molecule has 2 aliphatic heterocycles. The zero-order chi connectivity index (χ0) is 16.4. The highest BCUT2D eigenvalue weighted by Crippen LogP contribution is 2.23. The molecule has 2 aromatic rings. The van der Waals surface area contributed by atoms with Crippen molar-refractivity contribution in [2.24, 2.45) is 0 Å². The fourth-order valence-electron chi connectivity index (χ4n) is 3.60. The smallest absolute Gasteiger partial charge is 0.250 e. The van der Waals surface area contributed by atoms with E-state index in [9.17, 15) is 4.39 Å². The molecule has 0 unspecified atom stereocenters. The molecule has 4 heterocycles. The van der Waals surface area contributed by atoms with Gasteiger partial charge in [-0.3, -0.25) is 4.90 Å². The maximum absolute atomic E-state index is 13.9. The van der Waals surface area contributed by atoms with Gasteiger partial charge >= 0.3 is 0 Å². The van der Waals surface area contributed by atoms with E-state index in [0.29, 0.717) is 12.6 Å². The summed E-state index contributed by atoms with van der Waals surface area (Å²) in [5, 5.41) is 0. The second-order valence-corrected chi connectivity index (χ2v) is 6.46. The molecule has 0 N–H and O–H groups in total. The van der Waals surface area contributed by atoms with Crippen LogP contribution in [0.1, 0.15) is 18.5 Å². The molecule has 1 fully saturated rings. The van der Waals surface area contributed by atoms with Crippen LogP contribution in [-0.4, -0.2) is 46.4 Å². The summed E-state index contributed by atoms with van der Waals surface area (Å²) in [5.41, 5.74) is 1.27. The quantitative estimate of drug-likeness (QED) is 0.866. The molecule has 0 aliphatic carbocycles. The summed E-state index contributed by atoms with van der Waals surface area (Å²) in [7, 11) is 0. The highest BCUT2D eigenvalue weighted by Gasteiger charge is 2.29. The minimum absolute atomic E-state index is 0.0880. The van der Waals surface area contributed by atoms with Crippen molar-refractivity contribution in [3.8, 4) is 5.88 Å². The van der Waals surface area contributed by atoms with Crippen molar-refractivity contribution >= 4 is 0 Å². The Bertz CT molecular complexity index is 684. The maximum Gasteiger partial charge on any atom is 0.250 e. The van der Waals surface area contributed by atoms with E-state index < -0.39 is 5.82 Å². The van der Waals surface area contributed by atoms with Crippen molar-refractivity contribution < 1.29 is 13.9 Å². The first-order chi connectivity index (χ1) is 11.8. The molecule has 2 aliphatic rings. The van der Waals surface area contributed by atoms with E-state index in [2.05, 4.69) is 32.8 Å². The minimum Gasteiger partial charge on any atom is -0.469 e. The van der Waals surface area contributed by atoms with Gasteiger partial charge in [0.05, 0.1) is 6.54 Å². The molecular weight excluding hydrogens is 309 g/mol. The van der Waals surface area contributed by atoms with Crippen LogP contribution in [0.2, 0.25) is 0 Å². The van der Waals surface area contributed by atoms with Crippen LogP contribution in [0.4, 0.5) is 4.39 Å². The third-order valence-corrected chi connectivity index (χ3v) is 4.84. The lowest BCUT2D eigenvalue weighted by atomic mass is 10.1. The van der Waals surface area contributed by atoms with Gasteiger partial charge in [0, 0.05) is 50.4 Å². The van der Waals surface area contributed by atoms with Crippen LogP contribution in [0.3, 0.4) is 0 Å². The van der Waals surface area contributed by atoms with Crippen molar-refractivity contribution in [2.45, 2.75) is 38.1 Å². The SMILES string of the molecule is Fc1cccnc1O[C@H]1CN(C2CCOCC2)Cc2cccn2C1. The molecule has 0 bridgehead atoms. The number of hydrogen-bond acceptors (Lipinski definition) is 4. The lowest BCUT2D eigenvalue weighted by Gasteiger charge is -2.34. The summed E-state index contributed by atoms with van der Waals surface area (Å²) in [6.07, 6.45) is 5.56. The first-order valence-corrected chi connectivity index (χ1v) is 8.52. The summed E-state index contributed by atoms with van der Waals surface area (Å²) in [6.45, 7) is 3.98. The van der Waals surface area contributed by atoms with E-state index >= 15 is 0 Å². The average molecular weight is 331 g/mol. The lowest BCUT2D eigenvalue weighted by molar-refractivity contribution is 0.0161. The van der Waals surface area contributed by atoms with Crippen molar-refractivity contribution in [3.63, 3.8) is 0 Å². The molecule has 0 saturated carbocycles. The molecular formula is C18H22FN3O2. The Balaban J connectivity index is 1.56. The number of fused-ring (bicyclic) bond motifs is 1. The van der Waals surface area contributed by atoms with Gasteiger partial charge < -0.3 is 14.0 Å². The number of rotatable bonds is 3. The predicted molar refractivity (Wildman–Crippen MR) is 87.3 cm³/mol. The van der Waals surface area contributed by atoms with Gasteiger partial charge in [0.25, 0.3) is 5.88 Å². The zero-order valence-electron chi connectivity index (χ0n) is 13.6. The molecule has 0 spiro atoms. The number of ether oxygens (including phenoxy) is 2. The topological polar surface area (TPSA) is 39.5 Å². The summed E-state index contributed by atoms with van der Waals surface area (Å²) >= 11 is 0. The number of halogens is 1. The van der Waals surface area contributed by atoms with Crippen LogP contribution in [-0.2, 0) is 17.8 Å². The Labute approximate surface area is 141 Å². The Kier molecular flexibility index (Phi) is 4.49. The summed E-state index contributed by atoms with van der Waals surface area (Å²) in [6, 6.07) is 7.65. The first-order valence-electron chi connectivity index (χ1n) is 8.52. The summed E-state index contributed by atoms with van der Waals surface area (Å²) in [5.74, 6) is -0.322. The Hall–Kier alpha value is -1.92. The van der Waals surface area contributed by atoms with E-state index in [1.54, 1.807) is 12.3 Å². The van der Waals surface area contributed by atoms with E-state index in [1.165, 1.54) is 11.8 Å². The molecule has 4 rings (SSSR count). The molecule has 1 atom stereocenters. The van der Waals surface area contributed by atoms with Gasteiger partial charge in [-0.05, 0) is 37.1 Å². The van der Waals surface area contributed by atoms with Crippen LogP contribution in [0.15, 0.2) is 36.7 Å². The van der Waals surface area contributed by atoms with Gasteiger partial charge in [0.1, 0.15) is 6.10 Å². The first kappa shape index (κ1) is 15.6. The molecule has 0 radical (unpaired) electrons. The van der Waals surface area contributed by atoms with Crippen molar-refractivity contribution in [1.82, 2.24) is 14.5 Å². The molecule has 24 heavy (non-hydrogen) atoms. The van der Waals surface area contributed by atoms with Gasteiger partial charge in [-0.1, -0.05) is 0 Å². The summed E-state index contributed by atoms with van der Waals surface area (Å²) < 4.78 is 27.5. The maximum atomic E-state index is 13.9. The fourth-order valence-corrected chi connectivity index (χ4v) is 3.60. The Morgan fingerprint density at radius 2 is 2.04 bits per heavy atom. The Morgan fingerprint density at radius 3 is 2.88 bits per heavy atom. The third-order valence-electron chi connectivity index (χ3n) is 4.84. The van der Waals surface area contributed by atoms with Crippen LogP contribution in [0, 0.1) is 5.82 Å². The van der Waals surface area contributed by atoms with Gasteiger partial charge in [0.15, 0.2) is 5.82 Å². The molecule has 6 heteroatoms. The molecule has 1 saturated heterocycles. The van der Waals surface area contributed by atoms with Crippen LogP contribution >= 0.6 is 0 Å². The number of nitrogens with zero attached hydrogens (tertiary/aromatic N) is 3. The zero-order valence-corrected chi connectivity index (χ0v) is 13.6. The molecule has 2 aromatic heterocycles. The fraction of sp³-hybridized carbons (Fsp3) is 0.500. The van der Waals surface area contributed by atoms with Gasteiger partial charge in [-0.15, -0.1) is 0 Å². The standard InChI is InChI=1S/C18H22FN3O2/c19-17-4-1-7-20-18(17)24-16-12-21-8-2-3-15(21)11-22(13-16)14-5-9-23-10-6-14/h1-4,7-8,14,16H,5-6,9-13H2/t16-/m1/s1. The van der Waals surface area contributed by atoms with Crippen molar-refractivity contribution in [3.05, 3.63) is 48.2 Å². The Morgan fingerprint density at radius 1 is 1.17 bits per heavy atom. The predicted octanol–water partition coefficient (Wildman–Crippen LogP) is 2.46. The lowest BCUT2D eigenvalue weighted by Crippen LogP contribution is -2.43. The second kappa shape index (κ2) is 6.91. The third kappa shape index (κ3) is 3.30. The molecule has 5 nitrogen and oxygen atoms in total. The highest BCUT2D eigenvalue weighted by molar-refractivity contribution is 5.14. The van der Waals surface area contributed by atoms with Crippen molar-refractivity contribution in [1.29, 1.82) is 0 Å². The summed E-state index contributed by atoms with van der Waals surface area (Å²) in [4.78, 5) is 6.49. The minimum atomic E-state index is -0.410. The monoisotopic (exact) mass is 331 g/mol. The largest absolute Gasteiger partial charge is 0.469 e. The number of aromatic nitrogens is 2. The van der Waals surface area contributed by atoms with Gasteiger partial charge in [-0.2, -0.15) is 0 Å². The van der Waals surface area contributed by atoms with E-state index in [0.717, 1.165) is 39.1 Å². The highest BCUT2D eigenvalue weighted by atomic mass is 19.1. The van der Waals surface area contributed by atoms with Crippen LogP contribution in [0.25, 0.3) is 0 Å². The number of hydrogen-bond donors (Lipinski definition) is 0. The molecule has 128 valence electrons. The van der Waals surface area contributed by atoms with Crippen molar-refractivity contribution in [2.75, 3.05) is 19.8 Å². The van der Waals surface area contributed by atoms with Crippen LogP contribution in [0.5, 0.6) is 5.88 Å². The second-order valence-electron chi connectivity index (χ2n) is 6.46. The van der Waals surface area contributed by atoms with Gasteiger partial charge in [-0.25, -0.2) is 9.37 Å². The van der Waals surface area contributed by atoms with Gasteiger partial charge in [0.2, 0.25) is 0 Å². The molecule has 0 aromatic carbocycles. The molecule has 0 amide bonds. The van der Waals surface area contributed by atoms with Crippen LogP contribution < -0.4 is 4.74 Å². The van der Waals surface area contributed by atoms with E-state index in [-0.39, 0.29) is 12.0 Å².